The van der Waals surface area contributed by atoms with Crippen LogP contribution >= 0.6 is 23.2 Å². The molecule has 1 aromatic heterocycles. The molecule has 22 heteroatoms. The molecule has 0 N–H and O–H groups in total. The average molecular weight is 833 g/mol. The molecule has 0 spiro atoms. The summed E-state index contributed by atoms with van der Waals surface area (Å²) in [5.41, 5.74) is -12.2. The number of esters is 2. The number of hydrogen-bond donors (Lipinski definition) is 0. The van der Waals surface area contributed by atoms with Crippen molar-refractivity contribution in [2.24, 2.45) is 0 Å². The van der Waals surface area contributed by atoms with E-state index in [4.69, 9.17) is 32.7 Å². The minimum absolute atomic E-state index is 0.0426. The van der Waals surface area contributed by atoms with E-state index in [1.54, 1.807) is 20.8 Å². The highest BCUT2D eigenvalue weighted by molar-refractivity contribution is 6.34. The SMILES string of the molecule is CC(C)(C)OC(=O)/C=C/C(=O)OCN(C(=O)c1cc(-c2cnn(-c3c(Cl)cc(C(F)(C(F)(F)F)C(F)(F)F)cc3OC(F)(F)F)c2)ccc1Cl)C1(C#N)CC1. The van der Waals surface area contributed by atoms with Crippen LogP contribution in [-0.2, 0) is 24.7 Å². The molecule has 55 heavy (non-hydrogen) atoms. The molecule has 1 aliphatic carbocycles. The molecule has 4 rings (SSSR count). The molecule has 296 valence electrons. The van der Waals surface area contributed by atoms with Crippen LogP contribution in [0.15, 0.2) is 54.9 Å². The molecule has 0 aliphatic heterocycles. The smallest absolute Gasteiger partial charge is 0.457 e. The predicted octanol–water partition coefficient (Wildman–Crippen LogP) is 8.93. The molecule has 0 bridgehead atoms. The normalized spacial score (nSPS) is 14.7. The van der Waals surface area contributed by atoms with Crippen molar-refractivity contribution in [3.05, 3.63) is 76.0 Å². The molecular formula is C33H24Cl2F10N4O6. The largest absolute Gasteiger partial charge is 0.573 e. The third-order valence-electron chi connectivity index (χ3n) is 7.57. The number of nitrogens with zero attached hydrogens (tertiary/aromatic N) is 4. The highest BCUT2D eigenvalue weighted by atomic mass is 35.5. The van der Waals surface area contributed by atoms with E-state index >= 15 is 0 Å². The maximum atomic E-state index is 14.8. The number of rotatable bonds is 10. The van der Waals surface area contributed by atoms with Crippen LogP contribution < -0.4 is 4.74 Å². The van der Waals surface area contributed by atoms with Gasteiger partial charge in [0.15, 0.2) is 12.5 Å². The van der Waals surface area contributed by atoms with Crippen molar-refractivity contribution < 1.29 is 72.5 Å². The van der Waals surface area contributed by atoms with Crippen molar-refractivity contribution in [2.45, 2.75) is 69.1 Å². The van der Waals surface area contributed by atoms with Crippen molar-refractivity contribution in [2.75, 3.05) is 6.73 Å². The second-order valence-corrected chi connectivity index (χ2v) is 13.5. The molecular weight excluding hydrogens is 809 g/mol. The fourth-order valence-electron chi connectivity index (χ4n) is 4.88. The van der Waals surface area contributed by atoms with E-state index in [1.165, 1.54) is 12.1 Å². The number of nitriles is 1. The summed E-state index contributed by atoms with van der Waals surface area (Å²) in [7, 11) is 0. The maximum Gasteiger partial charge on any atom is 0.573 e. The first-order valence-corrected chi connectivity index (χ1v) is 16.0. The maximum absolute atomic E-state index is 14.8. The van der Waals surface area contributed by atoms with Crippen LogP contribution in [0.4, 0.5) is 43.9 Å². The summed E-state index contributed by atoms with van der Waals surface area (Å²) in [6.07, 6.45) is -15.4. The Morgan fingerprint density at radius 2 is 1.51 bits per heavy atom. The Morgan fingerprint density at radius 3 is 2.04 bits per heavy atom. The van der Waals surface area contributed by atoms with E-state index in [-0.39, 0.29) is 40.6 Å². The van der Waals surface area contributed by atoms with Gasteiger partial charge in [-0.05, 0) is 63.4 Å². The Kier molecular flexibility index (Phi) is 11.6. The number of carbonyl (C=O) groups excluding carboxylic acids is 3. The molecule has 1 aliphatic rings. The number of aromatic nitrogens is 2. The van der Waals surface area contributed by atoms with Gasteiger partial charge in [0.25, 0.3) is 5.91 Å². The van der Waals surface area contributed by atoms with E-state index in [0.717, 1.165) is 35.5 Å². The first-order chi connectivity index (χ1) is 25.1. The number of hydrogen-bond acceptors (Lipinski definition) is 8. The lowest BCUT2D eigenvalue weighted by atomic mass is 9.93. The zero-order valence-corrected chi connectivity index (χ0v) is 29.6. The number of ether oxygens (including phenoxy) is 3. The van der Waals surface area contributed by atoms with Gasteiger partial charge in [-0.2, -0.15) is 36.7 Å². The molecule has 0 unspecified atom stereocenters. The van der Waals surface area contributed by atoms with Gasteiger partial charge in [-0.3, -0.25) is 9.69 Å². The van der Waals surface area contributed by atoms with Gasteiger partial charge < -0.3 is 14.2 Å². The zero-order valence-electron chi connectivity index (χ0n) is 28.1. The van der Waals surface area contributed by atoms with E-state index in [2.05, 4.69) is 9.84 Å². The van der Waals surface area contributed by atoms with Gasteiger partial charge in [0.2, 0.25) is 0 Å². The van der Waals surface area contributed by atoms with E-state index in [0.29, 0.717) is 4.68 Å². The number of amides is 1. The van der Waals surface area contributed by atoms with Crippen molar-refractivity contribution in [3.63, 3.8) is 0 Å². The van der Waals surface area contributed by atoms with Crippen molar-refractivity contribution in [1.82, 2.24) is 14.7 Å². The van der Waals surface area contributed by atoms with E-state index in [9.17, 15) is 63.5 Å². The van der Waals surface area contributed by atoms with Crippen LogP contribution in [0.25, 0.3) is 16.8 Å². The summed E-state index contributed by atoms with van der Waals surface area (Å²) in [6.45, 7) is 3.98. The number of carbonyl (C=O) groups is 3. The Labute approximate surface area is 313 Å². The summed E-state index contributed by atoms with van der Waals surface area (Å²) in [6, 6.07) is 4.92. The van der Waals surface area contributed by atoms with Crippen molar-refractivity contribution in [3.8, 4) is 28.6 Å². The monoisotopic (exact) mass is 832 g/mol. The Bertz CT molecular complexity index is 2050. The molecule has 1 fully saturated rings. The number of halogens is 12. The van der Waals surface area contributed by atoms with Gasteiger partial charge in [-0.25, -0.2) is 18.7 Å². The molecule has 1 amide bonds. The predicted molar refractivity (Wildman–Crippen MR) is 170 cm³/mol. The molecule has 1 heterocycles. The van der Waals surface area contributed by atoms with Gasteiger partial charge in [0.1, 0.15) is 16.8 Å². The molecule has 0 radical (unpaired) electrons. The van der Waals surface area contributed by atoms with Gasteiger partial charge in [-0.1, -0.05) is 29.3 Å². The van der Waals surface area contributed by atoms with Crippen LogP contribution in [0.5, 0.6) is 5.75 Å². The highest BCUT2D eigenvalue weighted by Crippen LogP contribution is 2.55. The second kappa shape index (κ2) is 14.9. The lowest BCUT2D eigenvalue weighted by molar-refractivity contribution is -0.348. The molecule has 2 aromatic carbocycles. The van der Waals surface area contributed by atoms with E-state index < -0.39 is 88.2 Å². The lowest BCUT2D eigenvalue weighted by Crippen LogP contribution is -2.50. The molecule has 3 aromatic rings. The molecule has 10 nitrogen and oxygen atoms in total. The quantitative estimate of drug-likeness (QED) is 0.0859. The van der Waals surface area contributed by atoms with Gasteiger partial charge in [0, 0.05) is 29.5 Å². The highest BCUT2D eigenvalue weighted by Gasteiger charge is 2.73. The standard InChI is InChI=1S/C33H24Cl2F10N4O6/c1-28(2,3)55-25(51)7-6-24(50)53-16-48(29(15-46)8-9-29)27(52)20-10-17(4-5-21(20)34)18-13-47-49(14-18)26-22(35)11-19(12-23(26)54-33(43,44)45)30(36,31(37,38)39)32(40,41)42/h4-7,10-14H,8-9,16H2,1-3H3/b7-6+. The van der Waals surface area contributed by atoms with E-state index in [1.807, 2.05) is 6.07 Å². The zero-order chi connectivity index (χ0) is 41.5. The summed E-state index contributed by atoms with van der Waals surface area (Å²) >= 11 is 12.2. The third-order valence-corrected chi connectivity index (χ3v) is 8.18. The summed E-state index contributed by atoms with van der Waals surface area (Å²) in [4.78, 5) is 38.9. The van der Waals surface area contributed by atoms with Crippen LogP contribution in [-0.4, -0.2) is 69.1 Å². The first-order valence-electron chi connectivity index (χ1n) is 15.2. The molecule has 0 atom stereocenters. The fraction of sp³-hybridized carbons (Fsp3) is 0.364. The van der Waals surface area contributed by atoms with Gasteiger partial charge >= 0.3 is 36.3 Å². The summed E-state index contributed by atoms with van der Waals surface area (Å²) in [5.74, 6) is -4.68. The van der Waals surface area contributed by atoms with Crippen LogP contribution in [0, 0.1) is 11.3 Å². The van der Waals surface area contributed by atoms with Crippen LogP contribution in [0.1, 0.15) is 49.5 Å². The van der Waals surface area contributed by atoms with Crippen LogP contribution in [0.3, 0.4) is 0 Å². The number of alkyl halides is 10. The van der Waals surface area contributed by atoms with Gasteiger partial charge in [-0.15, -0.1) is 13.2 Å². The first kappa shape index (κ1) is 42.7. The number of benzene rings is 2. The average Bonchev–Trinajstić information content (AvgIpc) is 3.68. The minimum Gasteiger partial charge on any atom is -0.457 e. The third kappa shape index (κ3) is 9.44. The Morgan fingerprint density at radius 1 is 0.909 bits per heavy atom. The van der Waals surface area contributed by atoms with Gasteiger partial charge in [0.05, 0.1) is 27.9 Å². The summed E-state index contributed by atoms with van der Waals surface area (Å²) < 4.78 is 150. The molecule has 0 saturated heterocycles. The Hall–Kier alpha value is -5.03. The fourth-order valence-corrected chi connectivity index (χ4v) is 5.37. The topological polar surface area (TPSA) is 124 Å². The van der Waals surface area contributed by atoms with Crippen molar-refractivity contribution >= 4 is 41.0 Å². The van der Waals surface area contributed by atoms with Crippen molar-refractivity contribution in [1.29, 1.82) is 5.26 Å². The minimum atomic E-state index is -6.70. The summed E-state index contributed by atoms with van der Waals surface area (Å²) in [5, 5.41) is 12.1. The van der Waals surface area contributed by atoms with Crippen LogP contribution in [0.2, 0.25) is 10.0 Å². The second-order valence-electron chi connectivity index (χ2n) is 12.7. The lowest BCUT2D eigenvalue weighted by Gasteiger charge is -2.31. The Balaban J connectivity index is 1.70. The molecule has 1 saturated carbocycles.